The topological polar surface area (TPSA) is 46.5 Å². The Labute approximate surface area is 186 Å². The maximum Gasteiger partial charge on any atom is 0.303 e. The first-order valence-corrected chi connectivity index (χ1v) is 11.6. The molecule has 0 saturated heterocycles. The Kier molecular flexibility index (Phi) is 19.5. The largest absolute Gasteiger partial charge is 0.481 e. The predicted molar refractivity (Wildman–Crippen MR) is 131 cm³/mol. The van der Waals surface area contributed by atoms with Gasteiger partial charge in [0.15, 0.2) is 0 Å². The lowest BCUT2D eigenvalue weighted by Crippen LogP contribution is -2.14. The Balaban J connectivity index is 4.04. The highest BCUT2D eigenvalue weighted by Gasteiger charge is 2.10. The number of allylic oxidation sites excluding steroid dienone is 11. The van der Waals surface area contributed by atoms with Crippen molar-refractivity contribution in [2.75, 3.05) is 6.26 Å². The molecule has 0 aliphatic carbocycles. The van der Waals surface area contributed by atoms with Gasteiger partial charge in [0.1, 0.15) is 6.10 Å². The third kappa shape index (κ3) is 20.7. The zero-order valence-electron chi connectivity index (χ0n) is 17.5. The first-order valence-electron chi connectivity index (χ1n) is 9.99. The first-order chi connectivity index (χ1) is 14.1. The highest BCUT2D eigenvalue weighted by atomic mass is 32.2. The van der Waals surface area contributed by atoms with Gasteiger partial charge in [0.25, 0.3) is 0 Å². The molecular weight excluding hydrogens is 400 g/mol. The Morgan fingerprint density at radius 3 is 1.93 bits per heavy atom. The number of carbonyl (C=O) groups is 1. The van der Waals surface area contributed by atoms with E-state index in [2.05, 4.69) is 55.5 Å². The number of thioether (sulfide) groups is 1. The van der Waals surface area contributed by atoms with Crippen LogP contribution in [-0.2, 0) is 9.53 Å². The Bertz CT molecular complexity index is 614. The van der Waals surface area contributed by atoms with Crippen molar-refractivity contribution in [3.05, 3.63) is 72.9 Å². The van der Waals surface area contributed by atoms with Crippen molar-refractivity contribution in [2.24, 2.45) is 0 Å². The smallest absolute Gasteiger partial charge is 0.303 e. The van der Waals surface area contributed by atoms with Gasteiger partial charge in [-0.25, -0.2) is 0 Å². The Hall–Kier alpha value is -1.85. The molecule has 160 valence electrons. The summed E-state index contributed by atoms with van der Waals surface area (Å²) in [5.41, 5.74) is 0. The standard InChI is InChI=1S/C24H34O3S2/c1-3-4-5-6-7-8-9-10-11-12-13-14-15-16-17-18-19-22(20-21-23(25)26)27-24(28)29-2/h4-5,7-8,10-11,13-14,16-19,22H,3,6,9,12,15,20-21H2,1-2H3,(H,25,26)/b5-4-,8-7-,11-10-,14-13-,17-16-,19-18-. The third-order valence-electron chi connectivity index (χ3n) is 3.62. The van der Waals surface area contributed by atoms with Gasteiger partial charge >= 0.3 is 5.97 Å². The van der Waals surface area contributed by atoms with Gasteiger partial charge in [-0.05, 0) is 63.1 Å². The molecule has 0 aromatic heterocycles. The van der Waals surface area contributed by atoms with Gasteiger partial charge in [0, 0.05) is 6.42 Å². The van der Waals surface area contributed by atoms with E-state index in [9.17, 15) is 4.79 Å². The average Bonchev–Trinajstić information content (AvgIpc) is 2.71. The van der Waals surface area contributed by atoms with Gasteiger partial charge in [-0.3, -0.25) is 4.79 Å². The van der Waals surface area contributed by atoms with E-state index in [1.807, 2.05) is 30.6 Å². The zero-order chi connectivity index (χ0) is 21.6. The molecule has 0 radical (unpaired) electrons. The molecule has 0 saturated carbocycles. The lowest BCUT2D eigenvalue weighted by atomic mass is 10.2. The number of rotatable bonds is 15. The average molecular weight is 435 g/mol. The Morgan fingerprint density at radius 1 is 0.931 bits per heavy atom. The van der Waals surface area contributed by atoms with E-state index in [1.165, 1.54) is 11.8 Å². The van der Waals surface area contributed by atoms with Crippen molar-refractivity contribution in [1.82, 2.24) is 0 Å². The van der Waals surface area contributed by atoms with E-state index < -0.39 is 5.97 Å². The van der Waals surface area contributed by atoms with Crippen LogP contribution in [-0.4, -0.2) is 27.8 Å². The van der Waals surface area contributed by atoms with Crippen LogP contribution in [0.2, 0.25) is 0 Å². The number of hydrogen-bond donors (Lipinski definition) is 1. The fourth-order valence-corrected chi connectivity index (χ4v) is 2.48. The van der Waals surface area contributed by atoms with Crippen LogP contribution in [0.5, 0.6) is 0 Å². The quantitative estimate of drug-likeness (QED) is 0.168. The molecule has 0 spiro atoms. The molecule has 0 aliphatic rings. The van der Waals surface area contributed by atoms with Crippen molar-refractivity contribution in [3.63, 3.8) is 0 Å². The monoisotopic (exact) mass is 434 g/mol. The molecule has 0 aromatic rings. The summed E-state index contributed by atoms with van der Waals surface area (Å²) in [6.07, 6.45) is 31.9. The summed E-state index contributed by atoms with van der Waals surface area (Å²) >= 11 is 6.39. The molecule has 1 N–H and O–H groups in total. The minimum absolute atomic E-state index is 0.0532. The molecule has 1 unspecified atom stereocenters. The molecule has 5 heteroatoms. The van der Waals surface area contributed by atoms with Gasteiger partial charge in [-0.2, -0.15) is 0 Å². The van der Waals surface area contributed by atoms with Crippen molar-refractivity contribution in [1.29, 1.82) is 0 Å². The van der Waals surface area contributed by atoms with E-state index in [0.29, 0.717) is 10.8 Å². The highest BCUT2D eigenvalue weighted by molar-refractivity contribution is 8.22. The van der Waals surface area contributed by atoms with Crippen molar-refractivity contribution in [3.8, 4) is 0 Å². The summed E-state index contributed by atoms with van der Waals surface area (Å²) in [7, 11) is 0. The van der Waals surface area contributed by atoms with E-state index in [1.54, 1.807) is 0 Å². The van der Waals surface area contributed by atoms with Crippen LogP contribution in [0.1, 0.15) is 51.9 Å². The fourth-order valence-electron chi connectivity index (χ4n) is 2.13. The van der Waals surface area contributed by atoms with Crippen LogP contribution in [0.15, 0.2) is 72.9 Å². The lowest BCUT2D eigenvalue weighted by Gasteiger charge is -2.13. The molecular formula is C24H34O3S2. The van der Waals surface area contributed by atoms with E-state index in [4.69, 9.17) is 22.1 Å². The van der Waals surface area contributed by atoms with Gasteiger partial charge in [0.2, 0.25) is 4.38 Å². The SMILES string of the molecule is CC/C=C\C/C=C\C/C=C\C/C=C\C/C=C\C=C/C(CCC(=O)O)OC(=S)SC. The molecule has 0 rings (SSSR count). The maximum absolute atomic E-state index is 10.7. The molecule has 3 nitrogen and oxygen atoms in total. The molecule has 1 atom stereocenters. The molecule has 0 fully saturated rings. The fraction of sp³-hybridized carbons (Fsp3) is 0.417. The van der Waals surface area contributed by atoms with Crippen LogP contribution in [0, 0.1) is 0 Å². The van der Waals surface area contributed by atoms with Crippen LogP contribution in [0.3, 0.4) is 0 Å². The van der Waals surface area contributed by atoms with Crippen molar-refractivity contribution >= 4 is 34.3 Å². The van der Waals surface area contributed by atoms with Crippen LogP contribution < -0.4 is 0 Å². The molecule has 0 heterocycles. The molecule has 0 bridgehead atoms. The van der Waals surface area contributed by atoms with Gasteiger partial charge in [0.05, 0.1) is 0 Å². The van der Waals surface area contributed by atoms with E-state index in [0.717, 1.165) is 32.1 Å². The van der Waals surface area contributed by atoms with Crippen molar-refractivity contribution < 1.29 is 14.6 Å². The zero-order valence-corrected chi connectivity index (χ0v) is 19.2. The van der Waals surface area contributed by atoms with Gasteiger partial charge < -0.3 is 9.84 Å². The van der Waals surface area contributed by atoms with E-state index >= 15 is 0 Å². The summed E-state index contributed by atoms with van der Waals surface area (Å²) in [6, 6.07) is 0. The predicted octanol–water partition coefficient (Wildman–Crippen LogP) is 7.19. The molecule has 29 heavy (non-hydrogen) atoms. The summed E-state index contributed by atoms with van der Waals surface area (Å²) < 4.78 is 5.98. The summed E-state index contributed by atoms with van der Waals surface area (Å²) in [4.78, 5) is 10.7. The van der Waals surface area contributed by atoms with Gasteiger partial charge in [-0.1, -0.05) is 85.5 Å². The number of ether oxygens (including phenoxy) is 1. The maximum atomic E-state index is 10.7. The van der Waals surface area contributed by atoms with Gasteiger partial charge in [-0.15, -0.1) is 0 Å². The van der Waals surface area contributed by atoms with Crippen LogP contribution >= 0.6 is 24.0 Å². The summed E-state index contributed by atoms with van der Waals surface area (Å²) in [5, 5.41) is 8.82. The number of carboxylic acid groups (broad SMARTS) is 1. The van der Waals surface area contributed by atoms with Crippen LogP contribution in [0.25, 0.3) is 0 Å². The highest BCUT2D eigenvalue weighted by Crippen LogP contribution is 2.10. The minimum atomic E-state index is -0.836. The Morgan fingerprint density at radius 2 is 1.45 bits per heavy atom. The van der Waals surface area contributed by atoms with Crippen LogP contribution in [0.4, 0.5) is 0 Å². The van der Waals surface area contributed by atoms with E-state index in [-0.39, 0.29) is 12.5 Å². The normalized spacial score (nSPS) is 13.7. The second-order valence-electron chi connectivity index (χ2n) is 6.09. The number of aliphatic carboxylic acids is 1. The number of hydrogen-bond acceptors (Lipinski definition) is 4. The number of carboxylic acids is 1. The summed E-state index contributed by atoms with van der Waals surface area (Å²) in [5.74, 6) is -0.836. The minimum Gasteiger partial charge on any atom is -0.481 e. The lowest BCUT2D eigenvalue weighted by molar-refractivity contribution is -0.137. The molecule has 0 amide bonds. The molecule has 0 aromatic carbocycles. The first kappa shape index (κ1) is 27.2. The van der Waals surface area contributed by atoms with Crippen molar-refractivity contribution in [2.45, 2.75) is 58.0 Å². The second-order valence-corrected chi connectivity index (χ2v) is 7.50. The third-order valence-corrected chi connectivity index (χ3v) is 4.65. The summed E-state index contributed by atoms with van der Waals surface area (Å²) in [6.45, 7) is 2.14. The molecule has 0 aliphatic heterocycles. The number of thiocarbonyl (C=S) groups is 1. The second kappa shape index (κ2) is 20.9.